The average Bonchev–Trinajstić information content (AvgIpc) is 2.68. The van der Waals surface area contributed by atoms with Gasteiger partial charge in [-0.25, -0.2) is 0 Å². The van der Waals surface area contributed by atoms with Crippen molar-refractivity contribution >= 4 is 23.0 Å². The van der Waals surface area contributed by atoms with Crippen LogP contribution in [0.5, 0.6) is 0 Å². The van der Waals surface area contributed by atoms with E-state index in [4.69, 9.17) is 11.6 Å². The summed E-state index contributed by atoms with van der Waals surface area (Å²) in [6, 6.07) is 4.72. The lowest BCUT2D eigenvalue weighted by Crippen LogP contribution is -2.09. The highest BCUT2D eigenvalue weighted by Gasteiger charge is 2.64. The second kappa shape index (κ2) is 4.37. The molecule has 0 spiro atoms. The van der Waals surface area contributed by atoms with Crippen molar-refractivity contribution in [3.8, 4) is 0 Å². The summed E-state index contributed by atoms with van der Waals surface area (Å²) in [5, 5.41) is 14.6. The molecule has 1 fully saturated rings. The molecule has 1 saturated carbocycles. The van der Waals surface area contributed by atoms with Gasteiger partial charge >= 0.3 is 0 Å². The number of nitrogens with zero attached hydrogens (tertiary/aromatic N) is 1. The Hall–Kier alpha value is -1.29. The molecule has 0 amide bonds. The van der Waals surface area contributed by atoms with Crippen LogP contribution in [0.3, 0.4) is 0 Å². The minimum Gasteiger partial charge on any atom is -0.379 e. The van der Waals surface area contributed by atoms with E-state index in [9.17, 15) is 10.1 Å². The lowest BCUT2D eigenvalue weighted by Gasteiger charge is -2.08. The molecular formula is C14H19ClN2O2. The zero-order valence-corrected chi connectivity index (χ0v) is 12.4. The number of nitro groups is 1. The Balaban J connectivity index is 2.11. The molecule has 0 atom stereocenters. The Bertz CT molecular complexity index is 512. The maximum absolute atomic E-state index is 11.0. The van der Waals surface area contributed by atoms with E-state index < -0.39 is 4.92 Å². The van der Waals surface area contributed by atoms with Crippen LogP contribution < -0.4 is 5.32 Å². The third kappa shape index (κ3) is 2.29. The van der Waals surface area contributed by atoms with Crippen molar-refractivity contribution in [2.24, 2.45) is 16.7 Å². The van der Waals surface area contributed by atoms with E-state index in [1.165, 1.54) is 6.07 Å². The normalized spacial score (nSPS) is 20.1. The molecular weight excluding hydrogens is 264 g/mol. The number of anilines is 1. The van der Waals surface area contributed by atoms with Gasteiger partial charge in [0.25, 0.3) is 5.69 Å². The number of halogens is 1. The van der Waals surface area contributed by atoms with Crippen molar-refractivity contribution in [2.75, 3.05) is 11.9 Å². The van der Waals surface area contributed by atoms with Crippen molar-refractivity contribution in [1.29, 1.82) is 0 Å². The minimum absolute atomic E-state index is 0.0313. The first-order chi connectivity index (χ1) is 8.68. The fraction of sp³-hybridized carbons (Fsp3) is 0.571. The molecule has 0 bridgehead atoms. The van der Waals surface area contributed by atoms with E-state index >= 15 is 0 Å². The summed E-state index contributed by atoms with van der Waals surface area (Å²) in [6.45, 7) is 9.67. The molecule has 0 radical (unpaired) electrons. The Kier molecular flexibility index (Phi) is 3.25. The molecule has 1 aromatic rings. The van der Waals surface area contributed by atoms with E-state index in [1.807, 2.05) is 0 Å². The highest BCUT2D eigenvalue weighted by Crippen LogP contribution is 2.68. The number of hydrogen-bond acceptors (Lipinski definition) is 3. The smallest absolute Gasteiger partial charge is 0.293 e. The van der Waals surface area contributed by atoms with Gasteiger partial charge in [0, 0.05) is 17.6 Å². The van der Waals surface area contributed by atoms with Crippen molar-refractivity contribution in [1.82, 2.24) is 0 Å². The fourth-order valence-electron chi connectivity index (χ4n) is 2.86. The fourth-order valence-corrected chi connectivity index (χ4v) is 3.03. The SMILES string of the molecule is CC1(C)C(CNc2ccc(Cl)cc2[N+](=O)[O-])C1(C)C. The number of nitro benzene ring substituents is 1. The predicted octanol–water partition coefficient (Wildman–Crippen LogP) is 4.34. The molecule has 1 aromatic carbocycles. The summed E-state index contributed by atoms with van der Waals surface area (Å²) in [6.07, 6.45) is 0. The molecule has 5 heteroatoms. The molecule has 4 nitrogen and oxygen atoms in total. The maximum atomic E-state index is 11.0. The van der Waals surface area contributed by atoms with Gasteiger partial charge in [-0.1, -0.05) is 39.3 Å². The summed E-state index contributed by atoms with van der Waals surface area (Å²) >= 11 is 5.79. The van der Waals surface area contributed by atoms with E-state index in [2.05, 4.69) is 33.0 Å². The number of hydrogen-bond donors (Lipinski definition) is 1. The van der Waals surface area contributed by atoms with Gasteiger partial charge in [0.15, 0.2) is 0 Å². The minimum atomic E-state index is -0.405. The van der Waals surface area contributed by atoms with Gasteiger partial charge in [-0.2, -0.15) is 0 Å². The van der Waals surface area contributed by atoms with Crippen LogP contribution >= 0.6 is 11.6 Å². The summed E-state index contributed by atoms with van der Waals surface area (Å²) in [5.74, 6) is 0.510. The quantitative estimate of drug-likeness (QED) is 0.660. The van der Waals surface area contributed by atoms with Gasteiger partial charge in [-0.3, -0.25) is 10.1 Å². The first-order valence-corrected chi connectivity index (χ1v) is 6.73. The van der Waals surface area contributed by atoms with Crippen LogP contribution in [-0.2, 0) is 0 Å². The molecule has 104 valence electrons. The third-order valence-corrected chi connectivity index (χ3v) is 5.21. The first-order valence-electron chi connectivity index (χ1n) is 6.35. The van der Waals surface area contributed by atoms with Crippen LogP contribution in [0.25, 0.3) is 0 Å². The molecule has 0 unspecified atom stereocenters. The third-order valence-electron chi connectivity index (χ3n) is 4.97. The lowest BCUT2D eigenvalue weighted by atomic mass is 10.0. The predicted molar refractivity (Wildman–Crippen MR) is 77.6 cm³/mol. The topological polar surface area (TPSA) is 55.2 Å². The average molecular weight is 283 g/mol. The monoisotopic (exact) mass is 282 g/mol. The molecule has 1 aliphatic rings. The molecule has 19 heavy (non-hydrogen) atoms. The van der Waals surface area contributed by atoms with Gasteiger partial charge in [0.2, 0.25) is 0 Å². The summed E-state index contributed by atoms with van der Waals surface area (Å²) in [5.41, 5.74) is 1.10. The van der Waals surface area contributed by atoms with Crippen LogP contribution in [0.2, 0.25) is 5.02 Å². The van der Waals surface area contributed by atoms with E-state index in [1.54, 1.807) is 12.1 Å². The second-order valence-corrected chi connectivity index (χ2v) is 6.73. The maximum Gasteiger partial charge on any atom is 0.293 e. The Morgan fingerprint density at radius 2 is 1.89 bits per heavy atom. The molecule has 2 rings (SSSR count). The van der Waals surface area contributed by atoms with Crippen LogP contribution in [0.15, 0.2) is 18.2 Å². The zero-order chi connectivity index (χ0) is 14.4. The van der Waals surface area contributed by atoms with Crippen LogP contribution in [-0.4, -0.2) is 11.5 Å². The molecule has 0 heterocycles. The molecule has 0 aliphatic heterocycles. The van der Waals surface area contributed by atoms with E-state index in [0.29, 0.717) is 16.6 Å². The Morgan fingerprint density at radius 3 is 2.37 bits per heavy atom. The van der Waals surface area contributed by atoms with Gasteiger partial charge in [-0.05, 0) is 28.9 Å². The molecule has 1 aliphatic carbocycles. The van der Waals surface area contributed by atoms with Crippen LogP contribution in [0.4, 0.5) is 11.4 Å². The van der Waals surface area contributed by atoms with Gasteiger partial charge in [0.1, 0.15) is 5.69 Å². The Labute approximate surface area is 118 Å². The first kappa shape index (κ1) is 14.1. The zero-order valence-electron chi connectivity index (χ0n) is 11.7. The lowest BCUT2D eigenvalue weighted by molar-refractivity contribution is -0.383. The van der Waals surface area contributed by atoms with Gasteiger partial charge < -0.3 is 5.32 Å². The Morgan fingerprint density at radius 1 is 1.32 bits per heavy atom. The van der Waals surface area contributed by atoms with Crippen molar-refractivity contribution in [3.63, 3.8) is 0 Å². The highest BCUT2D eigenvalue weighted by atomic mass is 35.5. The highest BCUT2D eigenvalue weighted by molar-refractivity contribution is 6.30. The van der Waals surface area contributed by atoms with Crippen molar-refractivity contribution in [3.05, 3.63) is 33.3 Å². The summed E-state index contributed by atoms with van der Waals surface area (Å²) < 4.78 is 0. The molecule has 1 N–H and O–H groups in total. The summed E-state index contributed by atoms with van der Waals surface area (Å²) in [4.78, 5) is 10.6. The van der Waals surface area contributed by atoms with Gasteiger partial charge in [0.05, 0.1) is 4.92 Å². The standard InChI is InChI=1S/C14H19ClN2O2/c1-13(2)12(14(13,3)4)8-16-10-6-5-9(15)7-11(10)17(18)19/h5-7,12,16H,8H2,1-4H3. The van der Waals surface area contributed by atoms with Crippen LogP contribution in [0.1, 0.15) is 27.7 Å². The van der Waals surface area contributed by atoms with Crippen molar-refractivity contribution < 1.29 is 4.92 Å². The van der Waals surface area contributed by atoms with Crippen LogP contribution in [0, 0.1) is 26.9 Å². The molecule has 0 saturated heterocycles. The van der Waals surface area contributed by atoms with E-state index in [0.717, 1.165) is 6.54 Å². The summed E-state index contributed by atoms with van der Waals surface area (Å²) in [7, 11) is 0. The number of nitrogens with one attached hydrogen (secondary N) is 1. The number of benzene rings is 1. The second-order valence-electron chi connectivity index (χ2n) is 6.30. The molecule has 0 aromatic heterocycles. The van der Waals surface area contributed by atoms with Gasteiger partial charge in [-0.15, -0.1) is 0 Å². The van der Waals surface area contributed by atoms with E-state index in [-0.39, 0.29) is 16.5 Å². The van der Waals surface area contributed by atoms with Crippen molar-refractivity contribution in [2.45, 2.75) is 27.7 Å². The number of rotatable bonds is 4. The largest absolute Gasteiger partial charge is 0.379 e.